The van der Waals surface area contributed by atoms with Gasteiger partial charge in [0.25, 0.3) is 5.70 Å². The molecule has 4 nitrogen and oxygen atoms in total. The molecule has 5 aromatic rings. The molecule has 4 heteroatoms. The number of hydrogen-bond acceptors (Lipinski definition) is 2. The summed E-state index contributed by atoms with van der Waals surface area (Å²) >= 11 is 0. The molecule has 1 aliphatic carbocycles. The lowest BCUT2D eigenvalue weighted by Gasteiger charge is -2.26. The fourth-order valence-corrected chi connectivity index (χ4v) is 5.43. The van der Waals surface area contributed by atoms with Crippen LogP contribution >= 0.6 is 0 Å². The number of allylic oxidation sites excluding steroid dienone is 2. The fraction of sp³-hybridized carbons (Fsp3) is 0.0244. The minimum absolute atomic E-state index is 0.318. The van der Waals surface area contributed by atoms with Crippen LogP contribution < -0.4 is 4.90 Å². The van der Waals surface area contributed by atoms with Crippen molar-refractivity contribution in [3.05, 3.63) is 190 Å². The van der Waals surface area contributed by atoms with Crippen molar-refractivity contribution < 1.29 is 9.90 Å². The molecule has 1 aliphatic rings. The Morgan fingerprint density at radius 1 is 0.689 bits per heavy atom. The molecule has 0 unspecified atom stereocenters. The van der Waals surface area contributed by atoms with Crippen LogP contribution in [0.1, 0.15) is 38.9 Å². The molecular formula is C41H30N2O2. The highest BCUT2D eigenvalue weighted by Gasteiger charge is 2.15. The number of carbonyl (C=O) groups is 1. The average Bonchev–Trinajstić information content (AvgIpc) is 3.23. The van der Waals surface area contributed by atoms with E-state index in [1.165, 1.54) is 39.5 Å². The largest absolute Gasteiger partial charge is 0.486 e. The normalized spacial score (nSPS) is 12.2. The minimum atomic E-state index is -1.23. The van der Waals surface area contributed by atoms with E-state index in [4.69, 9.17) is 6.57 Å². The Hall–Kier alpha value is -6.18. The van der Waals surface area contributed by atoms with E-state index in [9.17, 15) is 9.90 Å². The first-order chi connectivity index (χ1) is 22.0. The maximum atomic E-state index is 11.3. The number of nitrogens with zero attached hydrogens (tertiary/aromatic N) is 2. The molecule has 0 amide bonds. The third-order valence-corrected chi connectivity index (χ3v) is 7.73. The summed E-state index contributed by atoms with van der Waals surface area (Å²) in [6.07, 6.45) is 12.2. The van der Waals surface area contributed by atoms with Gasteiger partial charge in [-0.15, -0.1) is 0 Å². The molecule has 0 spiro atoms. The van der Waals surface area contributed by atoms with Gasteiger partial charge in [-0.2, -0.15) is 0 Å². The minimum Gasteiger partial charge on any atom is -0.486 e. The zero-order chi connectivity index (χ0) is 31.2. The van der Waals surface area contributed by atoms with Crippen LogP contribution in [0.25, 0.3) is 34.7 Å². The Morgan fingerprint density at radius 2 is 1.18 bits per heavy atom. The number of carboxylic acid groups (broad SMARTS) is 1. The van der Waals surface area contributed by atoms with Gasteiger partial charge in [-0.05, 0) is 88.4 Å². The third kappa shape index (κ3) is 6.44. The second-order valence-corrected chi connectivity index (χ2v) is 10.7. The van der Waals surface area contributed by atoms with Crippen molar-refractivity contribution in [1.29, 1.82) is 0 Å². The molecule has 0 radical (unpaired) electrons. The van der Waals surface area contributed by atoms with Gasteiger partial charge in [0.2, 0.25) is 0 Å². The van der Waals surface area contributed by atoms with Crippen LogP contribution in [0.5, 0.6) is 0 Å². The van der Waals surface area contributed by atoms with E-state index in [1.54, 1.807) is 0 Å². The molecule has 0 saturated heterocycles. The lowest BCUT2D eigenvalue weighted by atomic mass is 9.93. The Kier molecular flexibility index (Phi) is 8.35. The number of aryl methyl sites for hydroxylation is 1. The lowest BCUT2D eigenvalue weighted by molar-refractivity contribution is -0.132. The average molecular weight is 583 g/mol. The molecule has 0 atom stereocenters. The van der Waals surface area contributed by atoms with Gasteiger partial charge in [0.05, 0.1) is 6.57 Å². The summed E-state index contributed by atoms with van der Waals surface area (Å²) in [5.74, 6) is -1.23. The van der Waals surface area contributed by atoms with Gasteiger partial charge in [-0.1, -0.05) is 121 Å². The fourth-order valence-electron chi connectivity index (χ4n) is 5.43. The number of carboxylic acids is 1. The number of rotatable bonds is 7. The van der Waals surface area contributed by atoms with Gasteiger partial charge >= 0.3 is 5.97 Å². The van der Waals surface area contributed by atoms with Crippen molar-refractivity contribution in [3.63, 3.8) is 0 Å². The van der Waals surface area contributed by atoms with Crippen LogP contribution in [0.15, 0.2) is 139 Å². The number of fused-ring (bicyclic) bond motifs is 2. The van der Waals surface area contributed by atoms with Crippen LogP contribution in [0.3, 0.4) is 0 Å². The Labute approximate surface area is 263 Å². The molecule has 0 aromatic heterocycles. The Morgan fingerprint density at radius 3 is 1.69 bits per heavy atom. The van der Waals surface area contributed by atoms with Crippen molar-refractivity contribution in [2.24, 2.45) is 0 Å². The van der Waals surface area contributed by atoms with E-state index in [0.717, 1.165) is 22.6 Å². The van der Waals surface area contributed by atoms with Crippen LogP contribution in [0.2, 0.25) is 0 Å². The van der Waals surface area contributed by atoms with E-state index < -0.39 is 5.97 Å². The number of anilines is 3. The van der Waals surface area contributed by atoms with Gasteiger partial charge in [0.1, 0.15) is 0 Å². The zero-order valence-corrected chi connectivity index (χ0v) is 24.8. The molecule has 5 aromatic carbocycles. The maximum Gasteiger partial charge on any atom is 0.333 e. The standard InChI is InChI=1S/C41H30N2O2/c1-29-14-22-34(23-15-29)43(36-26-18-31(19-27-36)28-40(42-2)41(44)45)35-24-16-30(17-25-35)8-7-13-39-37-11-5-3-9-32(37)20-21-33-10-4-6-12-38(33)39/h3-28H,1H3,(H,44,45)/b8-7?,40-28+. The van der Waals surface area contributed by atoms with Crippen molar-refractivity contribution >= 4 is 52.9 Å². The molecule has 0 saturated carbocycles. The highest BCUT2D eigenvalue weighted by atomic mass is 16.4. The van der Waals surface area contributed by atoms with Crippen LogP contribution in [0, 0.1) is 13.5 Å². The molecule has 0 aliphatic heterocycles. The Bertz CT molecular complexity index is 1970. The van der Waals surface area contributed by atoms with Gasteiger partial charge in [-0.3, -0.25) is 4.79 Å². The van der Waals surface area contributed by atoms with Crippen LogP contribution in [-0.4, -0.2) is 11.1 Å². The molecule has 45 heavy (non-hydrogen) atoms. The summed E-state index contributed by atoms with van der Waals surface area (Å²) in [4.78, 5) is 16.6. The molecular weight excluding hydrogens is 552 g/mol. The summed E-state index contributed by atoms with van der Waals surface area (Å²) < 4.78 is 0. The summed E-state index contributed by atoms with van der Waals surface area (Å²) in [6, 6.07) is 41.2. The highest BCUT2D eigenvalue weighted by molar-refractivity contribution is 5.95. The van der Waals surface area contributed by atoms with Gasteiger partial charge < -0.3 is 10.0 Å². The van der Waals surface area contributed by atoms with E-state index in [2.05, 4.69) is 144 Å². The van der Waals surface area contributed by atoms with Crippen molar-refractivity contribution in [2.75, 3.05) is 4.90 Å². The van der Waals surface area contributed by atoms with Crippen molar-refractivity contribution in [3.8, 4) is 0 Å². The number of benzene rings is 5. The second-order valence-electron chi connectivity index (χ2n) is 10.7. The van der Waals surface area contributed by atoms with Crippen LogP contribution in [-0.2, 0) is 4.79 Å². The topological polar surface area (TPSA) is 44.9 Å². The third-order valence-electron chi connectivity index (χ3n) is 7.73. The first-order valence-electron chi connectivity index (χ1n) is 14.6. The molecule has 0 heterocycles. The second kappa shape index (κ2) is 13.0. The predicted octanol–water partition coefficient (Wildman–Crippen LogP) is 10.4. The van der Waals surface area contributed by atoms with Crippen molar-refractivity contribution in [2.45, 2.75) is 6.92 Å². The van der Waals surface area contributed by atoms with Crippen molar-refractivity contribution in [1.82, 2.24) is 0 Å². The highest BCUT2D eigenvalue weighted by Crippen LogP contribution is 2.36. The quantitative estimate of drug-likeness (QED) is 0.150. The van der Waals surface area contributed by atoms with Gasteiger partial charge in [0.15, 0.2) is 0 Å². The summed E-state index contributed by atoms with van der Waals surface area (Å²) in [5.41, 5.74) is 11.5. The van der Waals surface area contributed by atoms with E-state index in [1.807, 2.05) is 24.3 Å². The van der Waals surface area contributed by atoms with Gasteiger partial charge in [-0.25, -0.2) is 4.85 Å². The van der Waals surface area contributed by atoms with E-state index in [0.29, 0.717) is 5.56 Å². The number of hydrogen-bond donors (Lipinski definition) is 1. The maximum absolute atomic E-state index is 11.3. The summed E-state index contributed by atoms with van der Waals surface area (Å²) in [5, 5.41) is 9.23. The Balaban J connectivity index is 1.31. The van der Waals surface area contributed by atoms with Crippen LogP contribution in [0.4, 0.5) is 17.1 Å². The number of aliphatic carboxylic acids is 1. The zero-order valence-electron chi connectivity index (χ0n) is 24.8. The molecule has 216 valence electrons. The SMILES string of the molecule is [C-]#[N+]/C(=C/c1ccc(N(c2ccc(C)cc2)c2ccc(C=CC=C3c4ccccc4C=Cc4ccccc43)cc2)cc1)C(=O)O. The monoisotopic (exact) mass is 582 g/mol. The van der Waals surface area contributed by atoms with E-state index >= 15 is 0 Å². The molecule has 6 rings (SSSR count). The first-order valence-corrected chi connectivity index (χ1v) is 14.6. The predicted molar refractivity (Wildman–Crippen MR) is 186 cm³/mol. The lowest BCUT2D eigenvalue weighted by Crippen LogP contribution is -2.09. The molecule has 1 N–H and O–H groups in total. The summed E-state index contributed by atoms with van der Waals surface area (Å²) in [7, 11) is 0. The van der Waals surface area contributed by atoms with E-state index in [-0.39, 0.29) is 5.70 Å². The first kappa shape index (κ1) is 28.9. The van der Waals surface area contributed by atoms with Gasteiger partial charge in [0, 0.05) is 17.1 Å². The smallest absolute Gasteiger partial charge is 0.333 e. The molecule has 0 bridgehead atoms. The summed E-state index contributed by atoms with van der Waals surface area (Å²) in [6.45, 7) is 9.19. The molecule has 0 fully saturated rings.